The van der Waals surface area contributed by atoms with Crippen molar-refractivity contribution in [2.24, 2.45) is 0 Å². The number of anilines is 2. The molecule has 1 atom stereocenters. The summed E-state index contributed by atoms with van der Waals surface area (Å²) in [5.74, 6) is 1.33. The Morgan fingerprint density at radius 1 is 1.24 bits per heavy atom. The van der Waals surface area contributed by atoms with Gasteiger partial charge in [-0.3, -0.25) is 0 Å². The number of hydrogen-bond acceptors (Lipinski definition) is 9. The highest BCUT2D eigenvalue weighted by Crippen LogP contribution is 2.30. The van der Waals surface area contributed by atoms with Crippen LogP contribution < -0.4 is 15.4 Å². The summed E-state index contributed by atoms with van der Waals surface area (Å²) in [5, 5.41) is 34.6. The predicted molar refractivity (Wildman–Crippen MR) is 110 cm³/mol. The summed E-state index contributed by atoms with van der Waals surface area (Å²) < 4.78 is 6.88. The summed E-state index contributed by atoms with van der Waals surface area (Å²) in [4.78, 5) is 9.07. The van der Waals surface area contributed by atoms with E-state index in [1.54, 1.807) is 22.9 Å². The molecule has 3 rings (SSSR count). The standard InChI is InChI=1S/C19H27N7O3/c1-5-13(10-27)21-19-22-17(15-18(23-19)26(11(2)3)25-24-15)20-9-12-7-6-8-14(29-4)16(12)28/h6-8,11,13,27-28H,5,9-10H2,1-4H3,(H2,20,21,22,23). The highest BCUT2D eigenvalue weighted by atomic mass is 16.5. The van der Waals surface area contributed by atoms with E-state index in [1.165, 1.54) is 7.11 Å². The first kappa shape index (κ1) is 20.6. The van der Waals surface area contributed by atoms with Crippen LogP contribution in [0.15, 0.2) is 18.2 Å². The number of phenols is 1. The summed E-state index contributed by atoms with van der Waals surface area (Å²) >= 11 is 0. The number of aromatic hydroxyl groups is 1. The van der Waals surface area contributed by atoms with E-state index in [0.717, 1.165) is 6.42 Å². The maximum absolute atomic E-state index is 10.3. The topological polar surface area (TPSA) is 130 Å². The quantitative estimate of drug-likeness (QED) is 0.426. The second kappa shape index (κ2) is 8.91. The fourth-order valence-electron chi connectivity index (χ4n) is 2.88. The average Bonchev–Trinajstić information content (AvgIpc) is 3.15. The SMILES string of the molecule is CCC(CO)Nc1nc(NCc2cccc(OC)c2O)c2nnn(C(C)C)c2n1. The van der Waals surface area contributed by atoms with Gasteiger partial charge in [0.1, 0.15) is 0 Å². The molecule has 2 heterocycles. The van der Waals surface area contributed by atoms with E-state index in [4.69, 9.17) is 4.74 Å². The van der Waals surface area contributed by atoms with Gasteiger partial charge in [-0.1, -0.05) is 24.3 Å². The van der Waals surface area contributed by atoms with Gasteiger partial charge in [-0.2, -0.15) is 9.97 Å². The van der Waals surface area contributed by atoms with Crippen LogP contribution >= 0.6 is 0 Å². The Morgan fingerprint density at radius 2 is 2.03 bits per heavy atom. The zero-order valence-electron chi connectivity index (χ0n) is 17.0. The molecule has 0 fully saturated rings. The lowest BCUT2D eigenvalue weighted by atomic mass is 10.2. The summed E-state index contributed by atoms with van der Waals surface area (Å²) in [7, 11) is 1.51. The number of aliphatic hydroxyl groups is 1. The Hall–Kier alpha value is -3.14. The van der Waals surface area contributed by atoms with Crippen LogP contribution in [0.5, 0.6) is 11.5 Å². The number of methoxy groups -OCH3 is 1. The fourth-order valence-corrected chi connectivity index (χ4v) is 2.88. The van der Waals surface area contributed by atoms with Crippen molar-refractivity contribution in [3.05, 3.63) is 23.8 Å². The van der Waals surface area contributed by atoms with Gasteiger partial charge in [0.2, 0.25) is 5.95 Å². The maximum atomic E-state index is 10.3. The Morgan fingerprint density at radius 3 is 2.69 bits per heavy atom. The molecule has 0 aliphatic heterocycles. The van der Waals surface area contributed by atoms with Crippen molar-refractivity contribution >= 4 is 22.9 Å². The Labute approximate surface area is 168 Å². The highest BCUT2D eigenvalue weighted by Gasteiger charge is 2.18. The van der Waals surface area contributed by atoms with Crippen LogP contribution in [0.4, 0.5) is 11.8 Å². The Bertz CT molecular complexity index is 970. The molecule has 1 aromatic carbocycles. The monoisotopic (exact) mass is 401 g/mol. The molecule has 29 heavy (non-hydrogen) atoms. The van der Waals surface area contributed by atoms with Gasteiger partial charge in [0.25, 0.3) is 0 Å². The predicted octanol–water partition coefficient (Wildman–Crippen LogP) is 2.31. The molecule has 0 amide bonds. The van der Waals surface area contributed by atoms with Gasteiger partial charge in [0, 0.05) is 12.1 Å². The number of phenolic OH excluding ortho intramolecular Hbond substituents is 1. The van der Waals surface area contributed by atoms with E-state index < -0.39 is 0 Å². The molecule has 2 aromatic heterocycles. The third-order valence-electron chi connectivity index (χ3n) is 4.61. The van der Waals surface area contributed by atoms with Crippen LogP contribution in [0.25, 0.3) is 11.2 Å². The number of ether oxygens (including phenoxy) is 1. The minimum atomic E-state index is -0.161. The van der Waals surface area contributed by atoms with E-state index in [2.05, 4.69) is 30.9 Å². The normalized spacial score (nSPS) is 12.3. The second-order valence-corrected chi connectivity index (χ2v) is 6.95. The van der Waals surface area contributed by atoms with Gasteiger partial charge in [0.15, 0.2) is 28.5 Å². The number of nitrogens with zero attached hydrogens (tertiary/aromatic N) is 5. The molecule has 156 valence electrons. The molecule has 0 spiro atoms. The molecular weight excluding hydrogens is 374 g/mol. The number of aromatic nitrogens is 5. The first-order valence-electron chi connectivity index (χ1n) is 9.57. The molecule has 0 saturated heterocycles. The molecule has 0 bridgehead atoms. The molecule has 3 aromatic rings. The van der Waals surface area contributed by atoms with Crippen molar-refractivity contribution in [3.8, 4) is 11.5 Å². The molecule has 10 nitrogen and oxygen atoms in total. The highest BCUT2D eigenvalue weighted by molar-refractivity contribution is 5.83. The Balaban J connectivity index is 1.97. The van der Waals surface area contributed by atoms with Crippen molar-refractivity contribution in [2.75, 3.05) is 24.4 Å². The molecule has 0 aliphatic carbocycles. The van der Waals surface area contributed by atoms with Crippen molar-refractivity contribution in [1.82, 2.24) is 25.0 Å². The number of fused-ring (bicyclic) bond motifs is 1. The lowest BCUT2D eigenvalue weighted by Gasteiger charge is -2.16. The fraction of sp³-hybridized carbons (Fsp3) is 0.474. The number of rotatable bonds is 9. The third kappa shape index (κ3) is 4.32. The van der Waals surface area contributed by atoms with Crippen molar-refractivity contribution in [1.29, 1.82) is 0 Å². The second-order valence-electron chi connectivity index (χ2n) is 6.95. The molecule has 0 aliphatic rings. The molecule has 0 radical (unpaired) electrons. The summed E-state index contributed by atoms with van der Waals surface area (Å²) in [6.45, 7) is 6.23. The van der Waals surface area contributed by atoms with Gasteiger partial charge < -0.3 is 25.6 Å². The smallest absolute Gasteiger partial charge is 0.227 e. The van der Waals surface area contributed by atoms with Gasteiger partial charge in [-0.15, -0.1) is 5.10 Å². The lowest BCUT2D eigenvalue weighted by molar-refractivity contribution is 0.271. The molecular formula is C19H27N7O3. The number of para-hydroxylation sites is 1. The van der Waals surface area contributed by atoms with Crippen LogP contribution in [0.3, 0.4) is 0 Å². The minimum absolute atomic E-state index is 0.0277. The van der Waals surface area contributed by atoms with Crippen molar-refractivity contribution < 1.29 is 14.9 Å². The van der Waals surface area contributed by atoms with E-state index in [0.29, 0.717) is 40.8 Å². The maximum Gasteiger partial charge on any atom is 0.227 e. The zero-order valence-corrected chi connectivity index (χ0v) is 17.0. The number of nitrogens with one attached hydrogen (secondary N) is 2. The van der Waals surface area contributed by atoms with Gasteiger partial charge in [0.05, 0.1) is 25.8 Å². The van der Waals surface area contributed by atoms with E-state index in [-0.39, 0.29) is 24.4 Å². The molecule has 0 saturated carbocycles. The largest absolute Gasteiger partial charge is 0.504 e. The first-order valence-corrected chi connectivity index (χ1v) is 9.57. The van der Waals surface area contributed by atoms with Crippen LogP contribution in [0.2, 0.25) is 0 Å². The molecule has 10 heteroatoms. The third-order valence-corrected chi connectivity index (χ3v) is 4.61. The number of benzene rings is 1. The summed E-state index contributed by atoms with van der Waals surface area (Å²) in [6, 6.07) is 5.20. The zero-order chi connectivity index (χ0) is 21.0. The van der Waals surface area contributed by atoms with Crippen LogP contribution in [0.1, 0.15) is 38.8 Å². The number of hydrogen-bond donors (Lipinski definition) is 4. The van der Waals surface area contributed by atoms with E-state index in [1.807, 2.05) is 20.8 Å². The van der Waals surface area contributed by atoms with Crippen LogP contribution in [-0.2, 0) is 6.54 Å². The van der Waals surface area contributed by atoms with Crippen LogP contribution in [0, 0.1) is 0 Å². The van der Waals surface area contributed by atoms with Gasteiger partial charge >= 0.3 is 0 Å². The first-order chi connectivity index (χ1) is 14.0. The van der Waals surface area contributed by atoms with E-state index in [9.17, 15) is 10.2 Å². The average molecular weight is 401 g/mol. The molecule has 4 N–H and O–H groups in total. The van der Waals surface area contributed by atoms with Gasteiger partial charge in [-0.25, -0.2) is 4.68 Å². The van der Waals surface area contributed by atoms with Crippen molar-refractivity contribution in [2.45, 2.75) is 45.8 Å². The van der Waals surface area contributed by atoms with Crippen molar-refractivity contribution in [3.63, 3.8) is 0 Å². The van der Waals surface area contributed by atoms with E-state index >= 15 is 0 Å². The van der Waals surface area contributed by atoms with Gasteiger partial charge in [-0.05, 0) is 26.3 Å². The molecule has 1 unspecified atom stereocenters. The minimum Gasteiger partial charge on any atom is -0.504 e. The summed E-state index contributed by atoms with van der Waals surface area (Å²) in [5.41, 5.74) is 1.77. The summed E-state index contributed by atoms with van der Waals surface area (Å²) in [6.07, 6.45) is 0.722. The number of aliphatic hydroxyl groups excluding tert-OH is 1. The Kier molecular flexibility index (Phi) is 6.32. The van der Waals surface area contributed by atoms with Crippen LogP contribution in [-0.4, -0.2) is 54.9 Å². The lowest BCUT2D eigenvalue weighted by Crippen LogP contribution is -2.24.